The number of nitrogens with one attached hydrogen (secondary N) is 2. The Bertz CT molecular complexity index is 513. The molecule has 4 nitrogen and oxygen atoms in total. The van der Waals surface area contributed by atoms with Crippen LogP contribution < -0.4 is 10.6 Å². The molecule has 1 aromatic rings. The number of nitrogens with zero attached hydrogens (tertiary/aromatic N) is 1. The van der Waals surface area contributed by atoms with Gasteiger partial charge in [-0.3, -0.25) is 4.79 Å². The summed E-state index contributed by atoms with van der Waals surface area (Å²) >= 11 is 0. The fourth-order valence-corrected chi connectivity index (χ4v) is 3.48. The standard InChI is InChI=1S/C18H28FN3O/c1-13-7-14(2)11-22(10-13)12-15(3)21-18(23)9-20-17-6-4-5-16(19)8-17/h4-6,8,13-15,20H,7,9-12H2,1-3H3,(H,21,23)/t13-,14-,15+/m1/s1. The van der Waals surface area contributed by atoms with Crippen LogP contribution in [0.25, 0.3) is 0 Å². The molecular weight excluding hydrogens is 293 g/mol. The molecule has 1 amide bonds. The Balaban J connectivity index is 1.72. The molecule has 0 radical (unpaired) electrons. The van der Waals surface area contributed by atoms with Crippen molar-refractivity contribution in [3.8, 4) is 0 Å². The zero-order valence-corrected chi connectivity index (χ0v) is 14.3. The molecule has 2 N–H and O–H groups in total. The molecular formula is C18H28FN3O. The Morgan fingerprint density at radius 3 is 2.70 bits per heavy atom. The predicted molar refractivity (Wildman–Crippen MR) is 91.9 cm³/mol. The molecule has 5 heteroatoms. The van der Waals surface area contributed by atoms with Crippen molar-refractivity contribution in [2.24, 2.45) is 11.8 Å². The lowest BCUT2D eigenvalue weighted by atomic mass is 9.92. The maximum absolute atomic E-state index is 13.1. The minimum Gasteiger partial charge on any atom is -0.376 e. The van der Waals surface area contributed by atoms with Crippen molar-refractivity contribution in [2.75, 3.05) is 31.5 Å². The second-order valence-electron chi connectivity index (χ2n) is 7.00. The molecule has 1 aliphatic heterocycles. The first-order valence-electron chi connectivity index (χ1n) is 8.43. The second kappa shape index (κ2) is 8.29. The van der Waals surface area contributed by atoms with Gasteiger partial charge in [0.15, 0.2) is 0 Å². The molecule has 1 heterocycles. The predicted octanol–water partition coefficient (Wildman–Crippen LogP) is 2.72. The molecule has 1 aliphatic rings. The molecule has 2 rings (SSSR count). The summed E-state index contributed by atoms with van der Waals surface area (Å²) in [4.78, 5) is 14.4. The van der Waals surface area contributed by atoms with Crippen molar-refractivity contribution in [3.05, 3.63) is 30.1 Å². The minimum absolute atomic E-state index is 0.0696. The maximum atomic E-state index is 13.1. The van der Waals surface area contributed by atoms with Crippen molar-refractivity contribution in [2.45, 2.75) is 33.2 Å². The molecule has 23 heavy (non-hydrogen) atoms. The topological polar surface area (TPSA) is 44.4 Å². The smallest absolute Gasteiger partial charge is 0.239 e. The van der Waals surface area contributed by atoms with Gasteiger partial charge in [-0.25, -0.2) is 4.39 Å². The summed E-state index contributed by atoms with van der Waals surface area (Å²) in [6, 6.07) is 6.24. The van der Waals surface area contributed by atoms with Gasteiger partial charge in [-0.2, -0.15) is 0 Å². The molecule has 3 atom stereocenters. The fourth-order valence-electron chi connectivity index (χ4n) is 3.48. The van der Waals surface area contributed by atoms with Gasteiger partial charge in [0.1, 0.15) is 5.82 Å². The van der Waals surface area contributed by atoms with Crippen molar-refractivity contribution in [1.29, 1.82) is 0 Å². The Hall–Kier alpha value is -1.62. The SMILES string of the molecule is C[C@@H]1C[C@@H](C)CN(C[C@H](C)NC(=O)CNc2cccc(F)c2)C1. The quantitative estimate of drug-likeness (QED) is 0.847. The third-order valence-corrected chi connectivity index (χ3v) is 4.16. The first-order valence-corrected chi connectivity index (χ1v) is 8.43. The summed E-state index contributed by atoms with van der Waals surface area (Å²) in [6.45, 7) is 9.84. The number of amides is 1. The highest BCUT2D eigenvalue weighted by Crippen LogP contribution is 2.20. The van der Waals surface area contributed by atoms with Crippen LogP contribution in [0.3, 0.4) is 0 Å². The van der Waals surface area contributed by atoms with Crippen molar-refractivity contribution in [1.82, 2.24) is 10.2 Å². The largest absolute Gasteiger partial charge is 0.376 e. The Morgan fingerprint density at radius 1 is 1.35 bits per heavy atom. The number of hydrogen-bond donors (Lipinski definition) is 2. The summed E-state index contributed by atoms with van der Waals surface area (Å²) in [5.41, 5.74) is 0.617. The number of piperidine rings is 1. The van der Waals surface area contributed by atoms with Crippen LogP contribution in [0.1, 0.15) is 27.2 Å². The Morgan fingerprint density at radius 2 is 2.04 bits per heavy atom. The molecule has 0 unspecified atom stereocenters. The average molecular weight is 321 g/mol. The Labute approximate surface area is 138 Å². The number of benzene rings is 1. The molecule has 1 fully saturated rings. The van der Waals surface area contributed by atoms with Crippen molar-refractivity contribution < 1.29 is 9.18 Å². The molecule has 0 saturated carbocycles. The molecule has 0 spiro atoms. The zero-order valence-electron chi connectivity index (χ0n) is 14.3. The van der Waals surface area contributed by atoms with E-state index in [0.717, 1.165) is 31.5 Å². The van der Waals surface area contributed by atoms with Crippen LogP contribution in [0.15, 0.2) is 24.3 Å². The van der Waals surface area contributed by atoms with E-state index in [4.69, 9.17) is 0 Å². The van der Waals surface area contributed by atoms with E-state index in [0.29, 0.717) is 5.69 Å². The van der Waals surface area contributed by atoms with E-state index < -0.39 is 0 Å². The van der Waals surface area contributed by atoms with E-state index in [1.54, 1.807) is 12.1 Å². The number of carbonyl (C=O) groups excluding carboxylic acids is 1. The molecule has 0 aliphatic carbocycles. The number of rotatable bonds is 6. The van der Waals surface area contributed by atoms with E-state index in [1.165, 1.54) is 18.6 Å². The minimum atomic E-state index is -0.308. The third kappa shape index (κ3) is 6.18. The summed E-state index contributed by atoms with van der Waals surface area (Å²) in [7, 11) is 0. The summed E-state index contributed by atoms with van der Waals surface area (Å²) in [5.74, 6) is 1.06. The number of carbonyl (C=O) groups is 1. The van der Waals surface area contributed by atoms with Gasteiger partial charge in [-0.15, -0.1) is 0 Å². The number of likely N-dealkylation sites (tertiary alicyclic amines) is 1. The van der Waals surface area contributed by atoms with E-state index in [9.17, 15) is 9.18 Å². The van der Waals surface area contributed by atoms with Crippen LogP contribution in [0.5, 0.6) is 0 Å². The van der Waals surface area contributed by atoms with Gasteiger partial charge in [0.25, 0.3) is 0 Å². The van der Waals surface area contributed by atoms with E-state index in [2.05, 4.69) is 29.4 Å². The van der Waals surface area contributed by atoms with Gasteiger partial charge < -0.3 is 15.5 Å². The Kier molecular flexibility index (Phi) is 6.39. The fraction of sp³-hybridized carbons (Fsp3) is 0.611. The summed E-state index contributed by atoms with van der Waals surface area (Å²) in [6.07, 6.45) is 1.29. The van der Waals surface area contributed by atoms with Crippen molar-refractivity contribution >= 4 is 11.6 Å². The van der Waals surface area contributed by atoms with Gasteiger partial charge in [0, 0.05) is 31.4 Å². The number of hydrogen-bond acceptors (Lipinski definition) is 3. The van der Waals surface area contributed by atoms with E-state index in [1.807, 2.05) is 6.92 Å². The van der Waals surface area contributed by atoms with Gasteiger partial charge in [0.2, 0.25) is 5.91 Å². The number of halogens is 1. The molecule has 1 saturated heterocycles. The normalized spacial score (nSPS) is 23.3. The lowest BCUT2D eigenvalue weighted by molar-refractivity contribution is -0.120. The van der Waals surface area contributed by atoms with Gasteiger partial charge in [0.05, 0.1) is 6.54 Å². The van der Waals surface area contributed by atoms with Crippen molar-refractivity contribution in [3.63, 3.8) is 0 Å². The highest BCUT2D eigenvalue weighted by molar-refractivity contribution is 5.80. The maximum Gasteiger partial charge on any atom is 0.239 e. The monoisotopic (exact) mass is 321 g/mol. The van der Waals surface area contributed by atoms with Crippen LogP contribution in [0, 0.1) is 17.7 Å². The van der Waals surface area contributed by atoms with Crippen LogP contribution in [-0.2, 0) is 4.79 Å². The van der Waals surface area contributed by atoms with E-state index >= 15 is 0 Å². The van der Waals surface area contributed by atoms with Crippen LogP contribution in [0.2, 0.25) is 0 Å². The molecule has 1 aromatic carbocycles. The van der Waals surface area contributed by atoms with E-state index in [-0.39, 0.29) is 24.3 Å². The van der Waals surface area contributed by atoms with Crippen LogP contribution in [-0.4, -0.2) is 43.0 Å². The van der Waals surface area contributed by atoms with Gasteiger partial charge >= 0.3 is 0 Å². The summed E-state index contributed by atoms with van der Waals surface area (Å²) in [5, 5.41) is 5.95. The van der Waals surface area contributed by atoms with Crippen LogP contribution >= 0.6 is 0 Å². The van der Waals surface area contributed by atoms with Gasteiger partial charge in [-0.05, 0) is 43.4 Å². The summed E-state index contributed by atoms with van der Waals surface area (Å²) < 4.78 is 13.1. The highest BCUT2D eigenvalue weighted by atomic mass is 19.1. The highest BCUT2D eigenvalue weighted by Gasteiger charge is 2.23. The van der Waals surface area contributed by atoms with Crippen LogP contribution in [0.4, 0.5) is 10.1 Å². The van der Waals surface area contributed by atoms with Gasteiger partial charge in [-0.1, -0.05) is 19.9 Å². The first kappa shape index (κ1) is 17.7. The first-order chi connectivity index (χ1) is 10.9. The molecule has 0 aromatic heterocycles. The lowest BCUT2D eigenvalue weighted by Gasteiger charge is -2.36. The molecule has 0 bridgehead atoms. The third-order valence-electron chi connectivity index (χ3n) is 4.16. The average Bonchev–Trinajstić information content (AvgIpc) is 2.44. The second-order valence-corrected chi connectivity index (χ2v) is 7.00. The lowest BCUT2D eigenvalue weighted by Crippen LogP contribution is -2.47. The molecule has 128 valence electrons. The number of anilines is 1. The zero-order chi connectivity index (χ0) is 16.8.